The van der Waals surface area contributed by atoms with Crippen LogP contribution in [0.5, 0.6) is 0 Å². The molecule has 176 valence electrons. The predicted molar refractivity (Wildman–Crippen MR) is 116 cm³/mol. The van der Waals surface area contributed by atoms with Crippen LogP contribution in [0.15, 0.2) is 0 Å². The van der Waals surface area contributed by atoms with Crippen LogP contribution in [-0.4, -0.2) is 61.0 Å². The summed E-state index contributed by atoms with van der Waals surface area (Å²) in [6.45, 7) is 11.7. The molecule has 0 aliphatic heterocycles. The molecule has 30 heavy (non-hydrogen) atoms. The fraction of sp³-hybridized carbons (Fsp3) is 0.850. The molecule has 0 aliphatic rings. The van der Waals surface area contributed by atoms with Crippen molar-refractivity contribution in [2.24, 2.45) is 11.5 Å². The normalized spacial score (nSPS) is 13.7. The van der Waals surface area contributed by atoms with Crippen molar-refractivity contribution < 1.29 is 23.9 Å². The number of hydrogen-bond acceptors (Lipinski definition) is 7. The summed E-state index contributed by atoms with van der Waals surface area (Å²) in [7, 11) is 0. The minimum atomic E-state index is -0.649. The van der Waals surface area contributed by atoms with Gasteiger partial charge in [0.2, 0.25) is 5.91 Å². The third-order valence-corrected chi connectivity index (χ3v) is 3.70. The van der Waals surface area contributed by atoms with Crippen LogP contribution in [0.25, 0.3) is 0 Å². The van der Waals surface area contributed by atoms with Crippen molar-refractivity contribution in [2.45, 2.75) is 90.5 Å². The van der Waals surface area contributed by atoms with Crippen molar-refractivity contribution in [3.63, 3.8) is 0 Å². The Balaban J connectivity index is 4.62. The highest BCUT2D eigenvalue weighted by molar-refractivity contribution is 5.81. The van der Waals surface area contributed by atoms with Gasteiger partial charge in [0.1, 0.15) is 11.2 Å². The molecule has 3 amide bonds. The van der Waals surface area contributed by atoms with Crippen LogP contribution in [0.4, 0.5) is 9.59 Å². The van der Waals surface area contributed by atoms with E-state index in [-0.39, 0.29) is 18.5 Å². The van der Waals surface area contributed by atoms with Gasteiger partial charge in [-0.2, -0.15) is 0 Å². The van der Waals surface area contributed by atoms with Gasteiger partial charge in [0.15, 0.2) is 0 Å². The van der Waals surface area contributed by atoms with Gasteiger partial charge in [0.05, 0.1) is 6.04 Å². The Bertz CT molecular complexity index is 543. The zero-order chi connectivity index (χ0) is 23.4. The zero-order valence-corrected chi connectivity index (χ0v) is 19.3. The highest BCUT2D eigenvalue weighted by Gasteiger charge is 2.21. The first-order valence-electron chi connectivity index (χ1n) is 10.4. The van der Waals surface area contributed by atoms with Crippen LogP contribution < -0.4 is 27.4 Å². The average Bonchev–Trinajstić information content (AvgIpc) is 2.57. The van der Waals surface area contributed by atoms with E-state index in [1.165, 1.54) is 0 Å². The Morgan fingerprint density at radius 2 is 1.43 bits per heavy atom. The van der Waals surface area contributed by atoms with E-state index in [0.717, 1.165) is 0 Å². The molecule has 0 aromatic rings. The third kappa shape index (κ3) is 15.8. The van der Waals surface area contributed by atoms with E-state index >= 15 is 0 Å². The molecule has 0 heterocycles. The molecule has 0 aromatic heterocycles. The maximum Gasteiger partial charge on any atom is 0.407 e. The standard InChI is InChI=1S/C20H41N5O5/c1-19(2,3)29-17(27)23-12-8-9-14(25-18(28)30-20(4,5)6)13-24-16(26)15(22)10-7-11-21/h14-15H,7-13,21-22H2,1-6H3,(H,23,27)(H,24,26)(H,25,28)/t14-,15-/m0/s1. The number of hydrogen-bond donors (Lipinski definition) is 5. The van der Waals surface area contributed by atoms with E-state index in [9.17, 15) is 14.4 Å². The second kappa shape index (κ2) is 13.3. The van der Waals surface area contributed by atoms with Crippen LogP contribution in [0.2, 0.25) is 0 Å². The Morgan fingerprint density at radius 1 is 0.867 bits per heavy atom. The number of carbonyl (C=O) groups is 3. The van der Waals surface area contributed by atoms with Gasteiger partial charge in [-0.25, -0.2) is 9.59 Å². The van der Waals surface area contributed by atoms with Crippen molar-refractivity contribution in [1.82, 2.24) is 16.0 Å². The molecule has 0 aromatic carbocycles. The van der Waals surface area contributed by atoms with Crippen molar-refractivity contribution in [1.29, 1.82) is 0 Å². The van der Waals surface area contributed by atoms with Gasteiger partial charge >= 0.3 is 12.2 Å². The first-order valence-corrected chi connectivity index (χ1v) is 10.4. The smallest absolute Gasteiger partial charge is 0.407 e. The van der Waals surface area contributed by atoms with Gasteiger partial charge in [-0.1, -0.05) is 0 Å². The van der Waals surface area contributed by atoms with E-state index < -0.39 is 29.4 Å². The lowest BCUT2D eigenvalue weighted by Gasteiger charge is -2.24. The van der Waals surface area contributed by atoms with Crippen LogP contribution in [0.1, 0.15) is 67.2 Å². The summed E-state index contributed by atoms with van der Waals surface area (Å²) in [5.74, 6) is -0.300. The topological polar surface area (TPSA) is 158 Å². The molecule has 0 spiro atoms. The number of ether oxygens (including phenoxy) is 2. The SMILES string of the molecule is CC(C)(C)OC(=O)NCCC[C@@H](CNC(=O)[C@@H](N)CCCN)NC(=O)OC(C)(C)C. The summed E-state index contributed by atoms with van der Waals surface area (Å²) in [4.78, 5) is 35.9. The summed E-state index contributed by atoms with van der Waals surface area (Å²) in [5.41, 5.74) is 10.1. The molecule has 10 nitrogen and oxygen atoms in total. The van der Waals surface area contributed by atoms with Gasteiger partial charge in [-0.15, -0.1) is 0 Å². The van der Waals surface area contributed by atoms with Crippen molar-refractivity contribution in [3.05, 3.63) is 0 Å². The summed E-state index contributed by atoms with van der Waals surface area (Å²) < 4.78 is 10.5. The maximum absolute atomic E-state index is 12.1. The minimum Gasteiger partial charge on any atom is -0.444 e. The Hall–Kier alpha value is -2.07. The predicted octanol–water partition coefficient (Wildman–Crippen LogP) is 1.37. The average molecular weight is 432 g/mol. The summed E-state index contributed by atoms with van der Waals surface area (Å²) in [6, 6.07) is -1.03. The molecule has 0 saturated carbocycles. The summed E-state index contributed by atoms with van der Waals surface area (Å²) in [6.07, 6.45) is 1.14. The molecule has 10 heteroatoms. The van der Waals surface area contributed by atoms with Crippen molar-refractivity contribution in [3.8, 4) is 0 Å². The number of amides is 3. The number of nitrogens with one attached hydrogen (secondary N) is 3. The molecule has 0 rings (SSSR count). The molecule has 0 unspecified atom stereocenters. The quantitative estimate of drug-likeness (QED) is 0.309. The van der Waals surface area contributed by atoms with Gasteiger partial charge in [0.25, 0.3) is 0 Å². The van der Waals surface area contributed by atoms with Crippen molar-refractivity contribution in [2.75, 3.05) is 19.6 Å². The minimum absolute atomic E-state index is 0.195. The number of alkyl carbamates (subject to hydrolysis) is 2. The molecule has 0 radical (unpaired) electrons. The Morgan fingerprint density at radius 3 is 1.97 bits per heavy atom. The van der Waals surface area contributed by atoms with Crippen LogP contribution in [0, 0.1) is 0 Å². The fourth-order valence-electron chi connectivity index (χ4n) is 2.38. The van der Waals surface area contributed by atoms with Gasteiger partial charge in [-0.3, -0.25) is 4.79 Å². The van der Waals surface area contributed by atoms with E-state index in [0.29, 0.717) is 38.8 Å². The lowest BCUT2D eigenvalue weighted by molar-refractivity contribution is -0.122. The monoisotopic (exact) mass is 431 g/mol. The molecular formula is C20H41N5O5. The van der Waals surface area contributed by atoms with E-state index in [4.69, 9.17) is 20.9 Å². The second-order valence-electron chi connectivity index (χ2n) is 9.20. The van der Waals surface area contributed by atoms with Crippen molar-refractivity contribution >= 4 is 18.1 Å². The molecule has 0 aliphatic carbocycles. The van der Waals surface area contributed by atoms with Crippen LogP contribution in [0.3, 0.4) is 0 Å². The Labute approximate surface area is 180 Å². The Kier molecular flexibility index (Phi) is 12.4. The third-order valence-electron chi connectivity index (χ3n) is 3.70. The fourth-order valence-corrected chi connectivity index (χ4v) is 2.38. The van der Waals surface area contributed by atoms with Gasteiger partial charge in [-0.05, 0) is 73.8 Å². The van der Waals surface area contributed by atoms with E-state index in [1.807, 2.05) is 0 Å². The maximum atomic E-state index is 12.1. The molecule has 0 saturated heterocycles. The first kappa shape index (κ1) is 27.9. The van der Waals surface area contributed by atoms with E-state index in [2.05, 4.69) is 16.0 Å². The zero-order valence-electron chi connectivity index (χ0n) is 19.3. The summed E-state index contributed by atoms with van der Waals surface area (Å²) in [5, 5.41) is 8.18. The van der Waals surface area contributed by atoms with Crippen LogP contribution in [-0.2, 0) is 14.3 Å². The molecule has 7 N–H and O–H groups in total. The largest absolute Gasteiger partial charge is 0.444 e. The molecule has 0 fully saturated rings. The highest BCUT2D eigenvalue weighted by Crippen LogP contribution is 2.08. The number of nitrogens with two attached hydrogens (primary N) is 2. The highest BCUT2D eigenvalue weighted by atomic mass is 16.6. The second-order valence-corrected chi connectivity index (χ2v) is 9.20. The first-order chi connectivity index (χ1) is 13.7. The molecule has 0 bridgehead atoms. The van der Waals surface area contributed by atoms with E-state index in [1.54, 1.807) is 41.5 Å². The molecule has 2 atom stereocenters. The summed E-state index contributed by atoms with van der Waals surface area (Å²) >= 11 is 0. The number of rotatable bonds is 11. The molecular weight excluding hydrogens is 390 g/mol. The number of carbonyl (C=O) groups excluding carboxylic acids is 3. The van der Waals surface area contributed by atoms with Gasteiger partial charge in [0, 0.05) is 19.1 Å². The van der Waals surface area contributed by atoms with Gasteiger partial charge < -0.3 is 36.9 Å². The lowest BCUT2D eigenvalue weighted by Crippen LogP contribution is -2.49. The van der Waals surface area contributed by atoms with Crippen LogP contribution >= 0.6 is 0 Å². The lowest BCUT2D eigenvalue weighted by atomic mass is 10.1.